The van der Waals surface area contributed by atoms with E-state index < -0.39 is 16.0 Å². The molecule has 0 N–H and O–H groups in total. The lowest BCUT2D eigenvalue weighted by atomic mass is 10.2. The number of sulfonamides is 1. The van der Waals surface area contributed by atoms with Crippen molar-refractivity contribution in [1.82, 2.24) is 8.87 Å². The maximum Gasteiger partial charge on any atom is 0.354 e. The van der Waals surface area contributed by atoms with Crippen LogP contribution < -0.4 is 4.74 Å². The Morgan fingerprint density at radius 3 is 2.38 bits per heavy atom. The van der Waals surface area contributed by atoms with Crippen molar-refractivity contribution in [2.45, 2.75) is 11.4 Å². The second-order valence-electron chi connectivity index (χ2n) is 5.27. The molecule has 130 valence electrons. The predicted molar refractivity (Wildman–Crippen MR) is 88.4 cm³/mol. The van der Waals surface area contributed by atoms with Gasteiger partial charge < -0.3 is 14.0 Å². The van der Waals surface area contributed by atoms with Gasteiger partial charge in [-0.05, 0) is 23.8 Å². The lowest BCUT2D eigenvalue weighted by Crippen LogP contribution is -2.26. The first kappa shape index (κ1) is 18.0. The first-order valence-electron chi connectivity index (χ1n) is 7.13. The molecule has 24 heavy (non-hydrogen) atoms. The lowest BCUT2D eigenvalue weighted by Gasteiger charge is -2.16. The van der Waals surface area contributed by atoms with Gasteiger partial charge in [-0.25, -0.2) is 13.2 Å². The molecule has 7 nitrogen and oxygen atoms in total. The van der Waals surface area contributed by atoms with E-state index in [0.29, 0.717) is 5.75 Å². The molecule has 2 aromatic rings. The van der Waals surface area contributed by atoms with Crippen molar-refractivity contribution in [3.8, 4) is 5.75 Å². The van der Waals surface area contributed by atoms with E-state index in [1.54, 1.807) is 38.4 Å². The highest BCUT2D eigenvalue weighted by Crippen LogP contribution is 2.20. The van der Waals surface area contributed by atoms with E-state index in [-0.39, 0.29) is 17.1 Å². The highest BCUT2D eigenvalue weighted by atomic mass is 32.2. The second kappa shape index (κ2) is 7.06. The van der Waals surface area contributed by atoms with Gasteiger partial charge in [-0.3, -0.25) is 0 Å². The number of carbonyl (C=O) groups is 1. The first-order chi connectivity index (χ1) is 11.3. The van der Waals surface area contributed by atoms with Crippen molar-refractivity contribution in [2.24, 2.45) is 7.05 Å². The number of methoxy groups -OCH3 is 2. The second-order valence-corrected chi connectivity index (χ2v) is 7.32. The van der Waals surface area contributed by atoms with E-state index in [0.717, 1.165) is 5.56 Å². The van der Waals surface area contributed by atoms with Crippen LogP contribution in [0.5, 0.6) is 5.75 Å². The Labute approximate surface area is 141 Å². The van der Waals surface area contributed by atoms with Gasteiger partial charge in [0.1, 0.15) is 16.3 Å². The fraction of sp³-hybridized carbons (Fsp3) is 0.312. The molecule has 8 heteroatoms. The van der Waals surface area contributed by atoms with Gasteiger partial charge in [-0.1, -0.05) is 12.1 Å². The summed E-state index contributed by atoms with van der Waals surface area (Å²) >= 11 is 0. The molecule has 0 aliphatic heterocycles. The minimum Gasteiger partial charge on any atom is -0.497 e. The minimum atomic E-state index is -3.72. The normalized spacial score (nSPS) is 11.5. The zero-order chi connectivity index (χ0) is 17.9. The molecular formula is C16H20N2O5S. The summed E-state index contributed by atoms with van der Waals surface area (Å²) in [5.41, 5.74) is 1.000. The Kier molecular flexibility index (Phi) is 5.30. The Morgan fingerprint density at radius 1 is 1.21 bits per heavy atom. The molecule has 1 aromatic heterocycles. The van der Waals surface area contributed by atoms with Gasteiger partial charge in [0.2, 0.25) is 10.0 Å². The summed E-state index contributed by atoms with van der Waals surface area (Å²) in [6.07, 6.45) is 1.39. The number of hydrogen-bond donors (Lipinski definition) is 0. The van der Waals surface area contributed by atoms with E-state index in [1.165, 1.54) is 35.3 Å². The van der Waals surface area contributed by atoms with Crippen LogP contribution in [0.15, 0.2) is 41.4 Å². The van der Waals surface area contributed by atoms with Crippen LogP contribution in [-0.2, 0) is 28.4 Å². The monoisotopic (exact) mass is 352 g/mol. The standard InChI is InChI=1S/C16H20N2O5S/c1-17-11-14(9-15(17)16(19)23-4)24(20,21)18(2)10-12-5-7-13(22-3)8-6-12/h5-9,11H,10H2,1-4H3. The van der Waals surface area contributed by atoms with Crippen molar-refractivity contribution in [3.63, 3.8) is 0 Å². The smallest absolute Gasteiger partial charge is 0.354 e. The van der Waals surface area contributed by atoms with E-state index in [9.17, 15) is 13.2 Å². The Bertz CT molecular complexity index is 825. The van der Waals surface area contributed by atoms with Crippen molar-refractivity contribution in [3.05, 3.63) is 47.8 Å². The van der Waals surface area contributed by atoms with Crippen LogP contribution in [0.25, 0.3) is 0 Å². The highest BCUT2D eigenvalue weighted by Gasteiger charge is 2.25. The van der Waals surface area contributed by atoms with E-state index in [4.69, 9.17) is 4.74 Å². The van der Waals surface area contributed by atoms with E-state index in [2.05, 4.69) is 4.74 Å². The van der Waals surface area contributed by atoms with Crippen molar-refractivity contribution < 1.29 is 22.7 Å². The van der Waals surface area contributed by atoms with Crippen LogP contribution in [0.1, 0.15) is 16.1 Å². The third kappa shape index (κ3) is 3.60. The van der Waals surface area contributed by atoms with Gasteiger partial charge in [0.05, 0.1) is 14.2 Å². The Hall–Kier alpha value is -2.32. The number of aryl methyl sites for hydroxylation is 1. The van der Waals surface area contributed by atoms with Gasteiger partial charge in [-0.2, -0.15) is 4.31 Å². The number of nitrogens with zero attached hydrogens (tertiary/aromatic N) is 2. The number of esters is 1. The molecule has 0 saturated carbocycles. The SMILES string of the molecule is COC(=O)c1cc(S(=O)(=O)N(C)Cc2ccc(OC)cc2)cn1C. The van der Waals surface area contributed by atoms with Gasteiger partial charge in [0, 0.05) is 26.8 Å². The average molecular weight is 352 g/mol. The van der Waals surface area contributed by atoms with Gasteiger partial charge >= 0.3 is 5.97 Å². The molecular weight excluding hydrogens is 332 g/mol. The van der Waals surface area contributed by atoms with Gasteiger partial charge in [0.25, 0.3) is 0 Å². The molecule has 2 rings (SSSR count). The number of hydrogen-bond acceptors (Lipinski definition) is 5. The van der Waals surface area contributed by atoms with Crippen molar-refractivity contribution >= 4 is 16.0 Å². The summed E-state index contributed by atoms with van der Waals surface area (Å²) in [5, 5.41) is 0. The zero-order valence-electron chi connectivity index (χ0n) is 14.0. The molecule has 0 atom stereocenters. The summed E-state index contributed by atoms with van der Waals surface area (Å²) in [4.78, 5) is 11.7. The fourth-order valence-electron chi connectivity index (χ4n) is 2.24. The fourth-order valence-corrected chi connectivity index (χ4v) is 3.47. The number of ether oxygens (including phenoxy) is 2. The number of aromatic nitrogens is 1. The maximum absolute atomic E-state index is 12.7. The molecule has 0 amide bonds. The van der Waals surface area contributed by atoms with Crippen molar-refractivity contribution in [2.75, 3.05) is 21.3 Å². The molecule has 1 aromatic carbocycles. The Balaban J connectivity index is 2.24. The molecule has 0 unspecified atom stereocenters. The molecule has 0 saturated heterocycles. The van der Waals surface area contributed by atoms with Crippen LogP contribution in [-0.4, -0.2) is 44.5 Å². The molecule has 0 fully saturated rings. The summed E-state index contributed by atoms with van der Waals surface area (Å²) in [7, 11) is 2.18. The molecule has 0 aliphatic rings. The van der Waals surface area contributed by atoms with Gasteiger partial charge in [0.15, 0.2) is 0 Å². The summed E-state index contributed by atoms with van der Waals surface area (Å²) < 4.78 is 37.7. The highest BCUT2D eigenvalue weighted by molar-refractivity contribution is 7.89. The predicted octanol–water partition coefficient (Wildman–Crippen LogP) is 1.64. The number of benzene rings is 1. The summed E-state index contributed by atoms with van der Waals surface area (Å²) in [6, 6.07) is 8.46. The molecule has 1 heterocycles. The number of carbonyl (C=O) groups excluding carboxylic acids is 1. The third-order valence-electron chi connectivity index (χ3n) is 3.65. The number of rotatable bonds is 6. The maximum atomic E-state index is 12.7. The first-order valence-corrected chi connectivity index (χ1v) is 8.57. The quantitative estimate of drug-likeness (QED) is 0.739. The van der Waals surface area contributed by atoms with E-state index >= 15 is 0 Å². The molecule has 0 radical (unpaired) electrons. The zero-order valence-corrected chi connectivity index (χ0v) is 14.8. The van der Waals surface area contributed by atoms with Crippen LogP contribution in [0, 0.1) is 0 Å². The van der Waals surface area contributed by atoms with Crippen LogP contribution in [0.4, 0.5) is 0 Å². The summed E-state index contributed by atoms with van der Waals surface area (Å²) in [6.45, 7) is 0.203. The minimum absolute atomic E-state index is 0.0430. The molecule has 0 aliphatic carbocycles. The largest absolute Gasteiger partial charge is 0.497 e. The van der Waals surface area contributed by atoms with Gasteiger partial charge in [-0.15, -0.1) is 0 Å². The molecule has 0 spiro atoms. The van der Waals surface area contributed by atoms with Crippen LogP contribution >= 0.6 is 0 Å². The van der Waals surface area contributed by atoms with Crippen LogP contribution in [0.2, 0.25) is 0 Å². The van der Waals surface area contributed by atoms with E-state index in [1.807, 2.05) is 0 Å². The average Bonchev–Trinajstić information content (AvgIpc) is 2.97. The topological polar surface area (TPSA) is 77.8 Å². The summed E-state index contributed by atoms with van der Waals surface area (Å²) in [5.74, 6) is 0.117. The Morgan fingerprint density at radius 2 is 1.83 bits per heavy atom. The van der Waals surface area contributed by atoms with Crippen LogP contribution in [0.3, 0.4) is 0 Å². The third-order valence-corrected chi connectivity index (χ3v) is 5.42. The molecule has 0 bridgehead atoms. The lowest BCUT2D eigenvalue weighted by molar-refractivity contribution is 0.0590. The van der Waals surface area contributed by atoms with Crippen molar-refractivity contribution in [1.29, 1.82) is 0 Å².